The summed E-state index contributed by atoms with van der Waals surface area (Å²) >= 11 is 0. The molecule has 0 spiro atoms. The quantitative estimate of drug-likeness (QED) is 0.887. The summed E-state index contributed by atoms with van der Waals surface area (Å²) in [6.45, 7) is 1.59. The van der Waals surface area contributed by atoms with Gasteiger partial charge in [-0.05, 0) is 30.7 Å². The molecule has 0 aliphatic carbocycles. The van der Waals surface area contributed by atoms with Gasteiger partial charge in [-0.1, -0.05) is 30.3 Å². The summed E-state index contributed by atoms with van der Waals surface area (Å²) < 4.78 is 26.9. The van der Waals surface area contributed by atoms with Crippen LogP contribution in [0.25, 0.3) is 0 Å². The van der Waals surface area contributed by atoms with Crippen molar-refractivity contribution in [1.82, 2.24) is 5.32 Å². The molecule has 0 saturated heterocycles. The van der Waals surface area contributed by atoms with Crippen molar-refractivity contribution in [2.24, 2.45) is 0 Å². The van der Waals surface area contributed by atoms with E-state index in [1.165, 1.54) is 0 Å². The molecule has 0 aromatic heterocycles. The second-order valence-corrected chi connectivity index (χ2v) is 4.74. The van der Waals surface area contributed by atoms with Crippen molar-refractivity contribution in [1.29, 1.82) is 0 Å². The van der Waals surface area contributed by atoms with Crippen molar-refractivity contribution in [3.8, 4) is 0 Å². The van der Waals surface area contributed by atoms with Gasteiger partial charge in [-0.3, -0.25) is 10.1 Å². The lowest BCUT2D eigenvalue weighted by molar-refractivity contribution is -0.139. The SMILES string of the molecule is CC(NC(C(=O)O)c1ccccc1)c1cc(F)ccc1F. The molecule has 2 atom stereocenters. The van der Waals surface area contributed by atoms with Crippen LogP contribution in [0.2, 0.25) is 0 Å². The highest BCUT2D eigenvalue weighted by molar-refractivity contribution is 5.75. The van der Waals surface area contributed by atoms with Crippen LogP contribution >= 0.6 is 0 Å². The number of hydrogen-bond donors (Lipinski definition) is 2. The number of aliphatic carboxylic acids is 1. The molecule has 2 N–H and O–H groups in total. The molecule has 0 aliphatic heterocycles. The van der Waals surface area contributed by atoms with Gasteiger partial charge in [0.15, 0.2) is 0 Å². The normalized spacial score (nSPS) is 13.7. The Kier molecular flexibility index (Phi) is 4.65. The molecule has 0 bridgehead atoms. The predicted octanol–water partition coefficient (Wildman–Crippen LogP) is 3.44. The highest BCUT2D eigenvalue weighted by Gasteiger charge is 2.23. The number of carboxylic acids is 1. The van der Waals surface area contributed by atoms with E-state index in [-0.39, 0.29) is 5.56 Å². The molecule has 2 rings (SSSR count). The maximum absolute atomic E-state index is 13.7. The van der Waals surface area contributed by atoms with E-state index in [1.807, 2.05) is 0 Å². The Morgan fingerprint density at radius 1 is 1.14 bits per heavy atom. The molecule has 0 amide bonds. The second-order valence-electron chi connectivity index (χ2n) is 4.74. The minimum atomic E-state index is -1.08. The van der Waals surface area contributed by atoms with E-state index in [9.17, 15) is 18.7 Å². The molecule has 21 heavy (non-hydrogen) atoms. The van der Waals surface area contributed by atoms with E-state index in [0.29, 0.717) is 5.56 Å². The van der Waals surface area contributed by atoms with Gasteiger partial charge in [-0.15, -0.1) is 0 Å². The van der Waals surface area contributed by atoms with Gasteiger partial charge >= 0.3 is 5.97 Å². The van der Waals surface area contributed by atoms with E-state index in [0.717, 1.165) is 18.2 Å². The molecule has 0 radical (unpaired) electrons. The van der Waals surface area contributed by atoms with Gasteiger partial charge in [0, 0.05) is 11.6 Å². The third kappa shape index (κ3) is 3.64. The third-order valence-electron chi connectivity index (χ3n) is 3.22. The smallest absolute Gasteiger partial charge is 0.325 e. The monoisotopic (exact) mass is 291 g/mol. The Balaban J connectivity index is 2.25. The zero-order chi connectivity index (χ0) is 15.4. The summed E-state index contributed by atoms with van der Waals surface area (Å²) in [5.74, 6) is -2.22. The Labute approximate surface area is 121 Å². The van der Waals surface area contributed by atoms with E-state index >= 15 is 0 Å². The van der Waals surface area contributed by atoms with Gasteiger partial charge in [0.25, 0.3) is 0 Å². The first kappa shape index (κ1) is 15.1. The van der Waals surface area contributed by atoms with E-state index in [4.69, 9.17) is 0 Å². The number of halogens is 2. The summed E-state index contributed by atoms with van der Waals surface area (Å²) in [6.07, 6.45) is 0. The molecule has 2 unspecified atom stereocenters. The van der Waals surface area contributed by atoms with E-state index in [1.54, 1.807) is 37.3 Å². The van der Waals surface area contributed by atoms with Crippen molar-refractivity contribution < 1.29 is 18.7 Å². The summed E-state index contributed by atoms with van der Waals surface area (Å²) in [7, 11) is 0. The lowest BCUT2D eigenvalue weighted by Crippen LogP contribution is -2.31. The largest absolute Gasteiger partial charge is 0.480 e. The Morgan fingerprint density at radius 2 is 1.81 bits per heavy atom. The minimum Gasteiger partial charge on any atom is -0.480 e. The molecule has 0 heterocycles. The van der Waals surface area contributed by atoms with Crippen LogP contribution in [-0.4, -0.2) is 11.1 Å². The first-order valence-corrected chi connectivity index (χ1v) is 6.48. The van der Waals surface area contributed by atoms with Gasteiger partial charge in [-0.2, -0.15) is 0 Å². The average molecular weight is 291 g/mol. The molecule has 2 aromatic rings. The van der Waals surface area contributed by atoms with Gasteiger partial charge in [0.1, 0.15) is 17.7 Å². The van der Waals surface area contributed by atoms with Crippen molar-refractivity contribution in [2.45, 2.75) is 19.0 Å². The standard InChI is InChI=1S/C16H15F2NO2/c1-10(13-9-12(17)7-8-14(13)18)19-15(16(20)21)11-5-3-2-4-6-11/h2-10,15,19H,1H3,(H,20,21). The van der Waals surface area contributed by atoms with Gasteiger partial charge < -0.3 is 5.11 Å². The van der Waals surface area contributed by atoms with Crippen LogP contribution in [0.15, 0.2) is 48.5 Å². The van der Waals surface area contributed by atoms with Gasteiger partial charge in [-0.25, -0.2) is 8.78 Å². The lowest BCUT2D eigenvalue weighted by atomic mass is 10.0. The molecule has 5 heteroatoms. The number of nitrogens with one attached hydrogen (secondary N) is 1. The molecule has 0 fully saturated rings. The number of benzene rings is 2. The molecule has 110 valence electrons. The van der Waals surface area contributed by atoms with Gasteiger partial charge in [0.2, 0.25) is 0 Å². The molecule has 0 aliphatic rings. The van der Waals surface area contributed by atoms with Crippen LogP contribution in [0.4, 0.5) is 8.78 Å². The van der Waals surface area contributed by atoms with Crippen molar-refractivity contribution in [2.75, 3.05) is 0 Å². The lowest BCUT2D eigenvalue weighted by Gasteiger charge is -2.21. The van der Waals surface area contributed by atoms with Crippen LogP contribution < -0.4 is 5.32 Å². The number of carbonyl (C=O) groups is 1. The molecule has 0 saturated carbocycles. The fourth-order valence-corrected chi connectivity index (χ4v) is 2.14. The van der Waals surface area contributed by atoms with E-state index < -0.39 is 29.7 Å². The van der Waals surface area contributed by atoms with Crippen molar-refractivity contribution >= 4 is 5.97 Å². The van der Waals surface area contributed by atoms with Crippen LogP contribution in [0.5, 0.6) is 0 Å². The number of hydrogen-bond acceptors (Lipinski definition) is 2. The first-order chi connectivity index (χ1) is 9.99. The summed E-state index contributed by atoms with van der Waals surface area (Å²) in [5.41, 5.74) is 0.644. The minimum absolute atomic E-state index is 0.0946. The fourth-order valence-electron chi connectivity index (χ4n) is 2.14. The molecule has 2 aromatic carbocycles. The number of rotatable bonds is 5. The molecular weight excluding hydrogens is 276 g/mol. The summed E-state index contributed by atoms with van der Waals surface area (Å²) in [5, 5.41) is 12.1. The maximum atomic E-state index is 13.7. The second kappa shape index (κ2) is 6.45. The van der Waals surface area contributed by atoms with Gasteiger partial charge in [0.05, 0.1) is 0 Å². The summed E-state index contributed by atoms with van der Waals surface area (Å²) in [4.78, 5) is 11.4. The Morgan fingerprint density at radius 3 is 2.43 bits per heavy atom. The topological polar surface area (TPSA) is 49.3 Å². The van der Waals surface area contributed by atoms with Crippen molar-refractivity contribution in [3.05, 3.63) is 71.3 Å². The first-order valence-electron chi connectivity index (χ1n) is 6.48. The third-order valence-corrected chi connectivity index (χ3v) is 3.22. The molecular formula is C16H15F2NO2. The number of carboxylic acid groups (broad SMARTS) is 1. The van der Waals surface area contributed by atoms with Crippen LogP contribution in [0.1, 0.15) is 30.1 Å². The zero-order valence-electron chi connectivity index (χ0n) is 11.4. The average Bonchev–Trinajstić information content (AvgIpc) is 2.47. The highest BCUT2D eigenvalue weighted by Crippen LogP contribution is 2.22. The van der Waals surface area contributed by atoms with Crippen molar-refractivity contribution in [3.63, 3.8) is 0 Å². The highest BCUT2D eigenvalue weighted by atomic mass is 19.1. The summed E-state index contributed by atoms with van der Waals surface area (Å²) in [6, 6.07) is 10.0. The van der Waals surface area contributed by atoms with Crippen LogP contribution in [0.3, 0.4) is 0 Å². The molecule has 3 nitrogen and oxygen atoms in total. The van der Waals surface area contributed by atoms with E-state index in [2.05, 4.69) is 5.32 Å². The Bertz CT molecular complexity index is 631. The fraction of sp³-hybridized carbons (Fsp3) is 0.188. The van der Waals surface area contributed by atoms with Crippen LogP contribution in [-0.2, 0) is 4.79 Å². The van der Waals surface area contributed by atoms with Crippen LogP contribution in [0, 0.1) is 11.6 Å². The Hall–Kier alpha value is -2.27. The maximum Gasteiger partial charge on any atom is 0.325 e. The zero-order valence-corrected chi connectivity index (χ0v) is 11.4. The predicted molar refractivity (Wildman–Crippen MR) is 74.7 cm³/mol.